The maximum Gasteiger partial charge on any atom is 0.123 e. The highest BCUT2D eigenvalue weighted by Gasteiger charge is 2.10. The molecule has 1 N–H and O–H groups in total. The van der Waals surface area contributed by atoms with Crippen molar-refractivity contribution in [1.29, 1.82) is 0 Å². The molecule has 3 heteroatoms. The van der Waals surface area contributed by atoms with Crippen LogP contribution in [0.5, 0.6) is 0 Å². The molecule has 0 fully saturated rings. The lowest BCUT2D eigenvalue weighted by Crippen LogP contribution is -2.24. The SMILES string of the molecule is CCNCc1ccccc1N(CC)Cc1ccco1. The number of nitrogens with one attached hydrogen (secondary N) is 1. The molecule has 0 amide bonds. The van der Waals surface area contributed by atoms with Crippen LogP contribution in [0.4, 0.5) is 5.69 Å². The third-order valence-corrected chi connectivity index (χ3v) is 3.21. The zero-order valence-corrected chi connectivity index (χ0v) is 11.7. The van der Waals surface area contributed by atoms with E-state index in [9.17, 15) is 0 Å². The van der Waals surface area contributed by atoms with Crippen molar-refractivity contribution < 1.29 is 4.42 Å². The second kappa shape index (κ2) is 7.00. The summed E-state index contributed by atoms with van der Waals surface area (Å²) in [5, 5.41) is 3.39. The molecule has 0 saturated heterocycles. The molecule has 1 heterocycles. The molecule has 0 bridgehead atoms. The van der Waals surface area contributed by atoms with Crippen LogP contribution in [-0.4, -0.2) is 13.1 Å². The molecule has 0 spiro atoms. The Kier molecular flexibility index (Phi) is 5.04. The Morgan fingerprint density at radius 2 is 1.95 bits per heavy atom. The highest BCUT2D eigenvalue weighted by atomic mass is 16.3. The van der Waals surface area contributed by atoms with Crippen molar-refractivity contribution in [1.82, 2.24) is 5.32 Å². The van der Waals surface area contributed by atoms with Crippen LogP contribution in [-0.2, 0) is 13.1 Å². The summed E-state index contributed by atoms with van der Waals surface area (Å²) in [6.07, 6.45) is 1.73. The van der Waals surface area contributed by atoms with Crippen molar-refractivity contribution in [3.05, 3.63) is 54.0 Å². The van der Waals surface area contributed by atoms with Crippen LogP contribution >= 0.6 is 0 Å². The van der Waals surface area contributed by atoms with Crippen LogP contribution in [0.25, 0.3) is 0 Å². The summed E-state index contributed by atoms with van der Waals surface area (Å²) in [7, 11) is 0. The van der Waals surface area contributed by atoms with Crippen LogP contribution in [0.15, 0.2) is 47.1 Å². The van der Waals surface area contributed by atoms with Gasteiger partial charge in [-0.1, -0.05) is 25.1 Å². The minimum Gasteiger partial charge on any atom is -0.467 e. The fourth-order valence-corrected chi connectivity index (χ4v) is 2.19. The minimum absolute atomic E-state index is 0.812. The minimum atomic E-state index is 0.812. The van der Waals surface area contributed by atoms with Crippen LogP contribution in [0.2, 0.25) is 0 Å². The van der Waals surface area contributed by atoms with E-state index in [-0.39, 0.29) is 0 Å². The lowest BCUT2D eigenvalue weighted by Gasteiger charge is -2.25. The number of para-hydroxylation sites is 1. The Hall–Kier alpha value is -1.74. The fourth-order valence-electron chi connectivity index (χ4n) is 2.19. The van der Waals surface area contributed by atoms with Gasteiger partial charge in [-0.15, -0.1) is 0 Å². The molecule has 19 heavy (non-hydrogen) atoms. The van der Waals surface area contributed by atoms with Crippen molar-refractivity contribution in [2.24, 2.45) is 0 Å². The summed E-state index contributed by atoms with van der Waals surface area (Å²) < 4.78 is 5.45. The monoisotopic (exact) mass is 258 g/mol. The smallest absolute Gasteiger partial charge is 0.123 e. The number of hydrogen-bond donors (Lipinski definition) is 1. The van der Waals surface area contributed by atoms with Crippen molar-refractivity contribution in [3.8, 4) is 0 Å². The molecule has 2 rings (SSSR count). The van der Waals surface area contributed by atoms with E-state index in [0.29, 0.717) is 0 Å². The van der Waals surface area contributed by atoms with Crippen LogP contribution < -0.4 is 10.2 Å². The molecule has 1 aromatic carbocycles. The van der Waals surface area contributed by atoms with Gasteiger partial charge in [0.2, 0.25) is 0 Å². The Morgan fingerprint density at radius 1 is 1.11 bits per heavy atom. The number of rotatable bonds is 7. The molecular formula is C16H22N2O. The summed E-state index contributed by atoms with van der Waals surface area (Å²) >= 11 is 0. The van der Waals surface area contributed by atoms with Gasteiger partial charge in [-0.3, -0.25) is 0 Å². The van der Waals surface area contributed by atoms with Gasteiger partial charge < -0.3 is 14.6 Å². The molecule has 0 atom stereocenters. The van der Waals surface area contributed by atoms with E-state index in [4.69, 9.17) is 4.42 Å². The molecule has 0 aliphatic rings. The predicted octanol–water partition coefficient (Wildman–Crippen LogP) is 3.42. The first-order valence-corrected chi connectivity index (χ1v) is 6.91. The molecule has 1 aromatic heterocycles. The molecule has 102 valence electrons. The molecule has 0 radical (unpaired) electrons. The van der Waals surface area contributed by atoms with Crippen molar-refractivity contribution in [3.63, 3.8) is 0 Å². The first-order valence-electron chi connectivity index (χ1n) is 6.91. The summed E-state index contributed by atoms with van der Waals surface area (Å²) in [5.41, 5.74) is 2.61. The average molecular weight is 258 g/mol. The van der Waals surface area contributed by atoms with E-state index in [0.717, 1.165) is 31.9 Å². The van der Waals surface area contributed by atoms with Gasteiger partial charge in [-0.25, -0.2) is 0 Å². The predicted molar refractivity (Wildman–Crippen MR) is 79.3 cm³/mol. The quantitative estimate of drug-likeness (QED) is 0.825. The third-order valence-electron chi connectivity index (χ3n) is 3.21. The summed E-state index contributed by atoms with van der Waals surface area (Å²) in [4.78, 5) is 2.34. The number of benzene rings is 1. The first-order chi connectivity index (χ1) is 9.35. The Labute approximate surface area is 115 Å². The maximum absolute atomic E-state index is 5.45. The molecule has 0 aliphatic heterocycles. The number of furan rings is 1. The Morgan fingerprint density at radius 3 is 2.63 bits per heavy atom. The number of anilines is 1. The van der Waals surface area contributed by atoms with Crippen molar-refractivity contribution in [2.75, 3.05) is 18.0 Å². The molecule has 3 nitrogen and oxygen atoms in total. The second-order valence-electron chi connectivity index (χ2n) is 4.50. The van der Waals surface area contributed by atoms with E-state index in [1.165, 1.54) is 11.3 Å². The number of nitrogens with zero attached hydrogens (tertiary/aromatic N) is 1. The Balaban J connectivity index is 2.17. The largest absolute Gasteiger partial charge is 0.467 e. The van der Waals surface area contributed by atoms with E-state index < -0.39 is 0 Å². The van der Waals surface area contributed by atoms with Crippen LogP contribution in [0.1, 0.15) is 25.2 Å². The lowest BCUT2D eigenvalue weighted by atomic mass is 10.1. The van der Waals surface area contributed by atoms with Gasteiger partial charge in [0.05, 0.1) is 12.8 Å². The standard InChI is InChI=1S/C16H22N2O/c1-3-17-12-14-8-5-6-10-16(14)18(4-2)13-15-9-7-11-19-15/h5-11,17H,3-4,12-13H2,1-2H3. The highest BCUT2D eigenvalue weighted by Crippen LogP contribution is 2.22. The normalized spacial score (nSPS) is 10.6. The third kappa shape index (κ3) is 3.61. The van der Waals surface area contributed by atoms with Crippen LogP contribution in [0.3, 0.4) is 0 Å². The van der Waals surface area contributed by atoms with Gasteiger partial charge in [-0.2, -0.15) is 0 Å². The topological polar surface area (TPSA) is 28.4 Å². The highest BCUT2D eigenvalue weighted by molar-refractivity contribution is 5.53. The summed E-state index contributed by atoms with van der Waals surface area (Å²) in [6.45, 7) is 7.96. The van der Waals surface area contributed by atoms with Gasteiger partial charge in [0.1, 0.15) is 5.76 Å². The molecule has 0 saturated carbocycles. The zero-order valence-electron chi connectivity index (χ0n) is 11.7. The molecular weight excluding hydrogens is 236 g/mol. The lowest BCUT2D eigenvalue weighted by molar-refractivity contribution is 0.503. The van der Waals surface area contributed by atoms with Gasteiger partial charge in [-0.05, 0) is 37.2 Å². The Bertz CT molecular complexity index is 479. The fraction of sp³-hybridized carbons (Fsp3) is 0.375. The summed E-state index contributed by atoms with van der Waals surface area (Å²) in [6, 6.07) is 12.5. The van der Waals surface area contributed by atoms with E-state index in [1.54, 1.807) is 6.26 Å². The van der Waals surface area contributed by atoms with Gasteiger partial charge in [0, 0.05) is 18.8 Å². The number of hydrogen-bond acceptors (Lipinski definition) is 3. The van der Waals surface area contributed by atoms with Gasteiger partial charge >= 0.3 is 0 Å². The average Bonchev–Trinajstić information content (AvgIpc) is 2.96. The summed E-state index contributed by atoms with van der Waals surface area (Å²) in [5.74, 6) is 1.00. The first kappa shape index (κ1) is 13.7. The zero-order chi connectivity index (χ0) is 13.5. The van der Waals surface area contributed by atoms with Crippen molar-refractivity contribution in [2.45, 2.75) is 26.9 Å². The molecule has 2 aromatic rings. The van der Waals surface area contributed by atoms with E-state index >= 15 is 0 Å². The van der Waals surface area contributed by atoms with Crippen molar-refractivity contribution >= 4 is 5.69 Å². The van der Waals surface area contributed by atoms with Crippen LogP contribution in [0, 0.1) is 0 Å². The molecule has 0 aliphatic carbocycles. The van der Waals surface area contributed by atoms with E-state index in [2.05, 4.69) is 48.3 Å². The molecule has 0 unspecified atom stereocenters. The van der Waals surface area contributed by atoms with E-state index in [1.807, 2.05) is 12.1 Å². The maximum atomic E-state index is 5.45. The van der Waals surface area contributed by atoms with Gasteiger partial charge in [0.15, 0.2) is 0 Å². The van der Waals surface area contributed by atoms with Gasteiger partial charge in [0.25, 0.3) is 0 Å². The second-order valence-corrected chi connectivity index (χ2v) is 4.50.